The van der Waals surface area contributed by atoms with Crippen molar-refractivity contribution in [2.24, 2.45) is 0 Å². The molecule has 1 atom stereocenters. The molecule has 0 spiro atoms. The van der Waals surface area contributed by atoms with Gasteiger partial charge in [0.05, 0.1) is 17.1 Å². The molecule has 29 heavy (non-hydrogen) atoms. The number of aryl methyl sites for hydroxylation is 1. The van der Waals surface area contributed by atoms with Crippen LogP contribution in [0.4, 0.5) is 5.69 Å². The van der Waals surface area contributed by atoms with Crippen LogP contribution in [0.1, 0.15) is 23.9 Å². The maximum absolute atomic E-state index is 12.9. The van der Waals surface area contributed by atoms with E-state index in [4.69, 9.17) is 4.74 Å². The molecule has 0 fully saturated rings. The number of hydrogen-bond acceptors (Lipinski definition) is 4. The number of nitrogens with zero attached hydrogens (tertiary/aromatic N) is 2. The van der Waals surface area contributed by atoms with Crippen molar-refractivity contribution in [1.29, 1.82) is 0 Å². The molecule has 148 valence electrons. The highest BCUT2D eigenvalue weighted by Gasteiger charge is 2.47. The highest BCUT2D eigenvalue weighted by Crippen LogP contribution is 2.33. The van der Waals surface area contributed by atoms with Gasteiger partial charge in [-0.25, -0.2) is 4.68 Å². The minimum Gasteiger partial charge on any atom is -0.466 e. The van der Waals surface area contributed by atoms with Crippen LogP contribution >= 0.6 is 0 Å². The summed E-state index contributed by atoms with van der Waals surface area (Å²) in [5.74, 6) is -0.535. The van der Waals surface area contributed by atoms with E-state index in [9.17, 15) is 9.59 Å². The Morgan fingerprint density at radius 3 is 2.59 bits per heavy atom. The number of amides is 2. The van der Waals surface area contributed by atoms with Crippen molar-refractivity contribution in [2.45, 2.75) is 32.9 Å². The van der Waals surface area contributed by atoms with Crippen LogP contribution in [0, 0.1) is 13.8 Å². The van der Waals surface area contributed by atoms with Gasteiger partial charge in [-0.2, -0.15) is 5.10 Å². The normalized spacial score (nSPS) is 17.8. The Labute approximate surface area is 168 Å². The Balaban J connectivity index is 1.53. The molecular weight excluding hydrogens is 368 g/mol. The van der Waals surface area contributed by atoms with E-state index in [1.54, 1.807) is 24.3 Å². The van der Waals surface area contributed by atoms with Crippen LogP contribution in [0.25, 0.3) is 5.69 Å². The number of fused-ring (bicyclic) bond motifs is 1. The van der Waals surface area contributed by atoms with E-state index in [0.717, 1.165) is 22.6 Å². The third kappa shape index (κ3) is 3.24. The number of hydrogen-bond donors (Lipinski definition) is 2. The minimum atomic E-state index is -1.65. The van der Waals surface area contributed by atoms with Gasteiger partial charge in [-0.15, -0.1) is 0 Å². The van der Waals surface area contributed by atoms with E-state index in [-0.39, 0.29) is 6.54 Å². The first-order valence-corrected chi connectivity index (χ1v) is 9.38. The summed E-state index contributed by atoms with van der Waals surface area (Å²) in [7, 11) is 0. The molecule has 4 rings (SSSR count). The summed E-state index contributed by atoms with van der Waals surface area (Å²) in [6, 6.07) is 16.8. The van der Waals surface area contributed by atoms with E-state index in [1.165, 1.54) is 6.92 Å². The van der Waals surface area contributed by atoms with Crippen LogP contribution in [-0.4, -0.2) is 27.2 Å². The van der Waals surface area contributed by atoms with Crippen LogP contribution in [0.3, 0.4) is 0 Å². The van der Waals surface area contributed by atoms with Gasteiger partial charge in [0.15, 0.2) is 0 Å². The van der Waals surface area contributed by atoms with Gasteiger partial charge in [-0.05, 0) is 45.0 Å². The quantitative estimate of drug-likeness (QED) is 0.671. The highest BCUT2D eigenvalue weighted by atomic mass is 16.5. The Morgan fingerprint density at radius 1 is 1.14 bits per heavy atom. The second-order valence-electron chi connectivity index (χ2n) is 7.16. The van der Waals surface area contributed by atoms with Gasteiger partial charge in [0, 0.05) is 17.8 Å². The standard InChI is InChI=1S/C22H22N4O3/c1-14-17(15(2)26(25-14)16-9-5-4-6-10-16)13-23-20(27)22(3)21(28)24-18-11-7-8-12-19(18)29-22/h4-12H,13H2,1-3H3,(H,23,27)(H,24,28). The average Bonchev–Trinajstić information content (AvgIpc) is 3.01. The lowest BCUT2D eigenvalue weighted by Gasteiger charge is -2.33. The van der Waals surface area contributed by atoms with Gasteiger partial charge < -0.3 is 15.4 Å². The smallest absolute Gasteiger partial charge is 0.278 e. The highest BCUT2D eigenvalue weighted by molar-refractivity contribution is 6.15. The number of anilines is 1. The summed E-state index contributed by atoms with van der Waals surface area (Å²) in [4.78, 5) is 25.4. The van der Waals surface area contributed by atoms with Crippen molar-refractivity contribution in [2.75, 3.05) is 5.32 Å². The lowest BCUT2D eigenvalue weighted by atomic mass is 10.0. The van der Waals surface area contributed by atoms with Crippen LogP contribution in [-0.2, 0) is 16.1 Å². The summed E-state index contributed by atoms with van der Waals surface area (Å²) < 4.78 is 7.62. The van der Waals surface area contributed by atoms with Gasteiger partial charge in [0.25, 0.3) is 17.4 Å². The number of carbonyl (C=O) groups is 2. The lowest BCUT2D eigenvalue weighted by molar-refractivity contribution is -0.146. The fraction of sp³-hybridized carbons (Fsp3) is 0.227. The van der Waals surface area contributed by atoms with Crippen LogP contribution in [0.5, 0.6) is 5.75 Å². The second kappa shape index (κ2) is 7.09. The topological polar surface area (TPSA) is 85.2 Å². The summed E-state index contributed by atoms with van der Waals surface area (Å²) >= 11 is 0. The van der Waals surface area contributed by atoms with E-state index < -0.39 is 17.4 Å². The van der Waals surface area contributed by atoms with E-state index >= 15 is 0 Å². The SMILES string of the molecule is Cc1nn(-c2ccccc2)c(C)c1CNC(=O)C1(C)Oc2ccccc2NC1=O. The van der Waals surface area contributed by atoms with Crippen LogP contribution < -0.4 is 15.4 Å². The van der Waals surface area contributed by atoms with Crippen molar-refractivity contribution < 1.29 is 14.3 Å². The molecule has 2 aromatic carbocycles. The molecule has 1 aliphatic rings. The van der Waals surface area contributed by atoms with Gasteiger partial charge in [0.2, 0.25) is 0 Å². The third-order valence-corrected chi connectivity index (χ3v) is 5.18. The Bertz CT molecular complexity index is 1090. The first kappa shape index (κ1) is 18.7. The summed E-state index contributed by atoms with van der Waals surface area (Å²) in [6.45, 7) is 5.57. The monoisotopic (exact) mass is 390 g/mol. The van der Waals surface area contributed by atoms with Crippen LogP contribution in [0.15, 0.2) is 54.6 Å². The molecule has 3 aromatic rings. The molecule has 2 N–H and O–H groups in total. The first-order valence-electron chi connectivity index (χ1n) is 9.38. The lowest BCUT2D eigenvalue weighted by Crippen LogP contribution is -2.58. The number of benzene rings is 2. The van der Waals surface area contributed by atoms with Gasteiger partial charge in [-0.1, -0.05) is 30.3 Å². The summed E-state index contributed by atoms with van der Waals surface area (Å²) in [5, 5.41) is 10.2. The minimum absolute atomic E-state index is 0.247. The fourth-order valence-electron chi connectivity index (χ4n) is 3.40. The van der Waals surface area contributed by atoms with Crippen molar-refractivity contribution >= 4 is 17.5 Å². The Kier molecular flexibility index (Phi) is 4.58. The number of carbonyl (C=O) groups excluding carboxylic acids is 2. The molecule has 0 saturated carbocycles. The molecule has 0 radical (unpaired) electrons. The summed E-state index contributed by atoms with van der Waals surface area (Å²) in [6.07, 6.45) is 0. The molecule has 0 bridgehead atoms. The largest absolute Gasteiger partial charge is 0.466 e. The molecule has 1 aliphatic heterocycles. The molecule has 1 unspecified atom stereocenters. The van der Waals surface area contributed by atoms with E-state index in [1.807, 2.05) is 48.9 Å². The molecule has 7 nitrogen and oxygen atoms in total. The number of ether oxygens (including phenoxy) is 1. The summed E-state index contributed by atoms with van der Waals surface area (Å²) in [5.41, 5.74) is 2.51. The predicted molar refractivity (Wildman–Crippen MR) is 109 cm³/mol. The molecular formula is C22H22N4O3. The number of aromatic nitrogens is 2. The zero-order chi connectivity index (χ0) is 20.6. The number of para-hydroxylation sites is 3. The van der Waals surface area contributed by atoms with Crippen molar-refractivity contribution in [1.82, 2.24) is 15.1 Å². The molecule has 2 heterocycles. The van der Waals surface area contributed by atoms with E-state index in [2.05, 4.69) is 15.7 Å². The average molecular weight is 390 g/mol. The fourth-order valence-corrected chi connectivity index (χ4v) is 3.40. The third-order valence-electron chi connectivity index (χ3n) is 5.18. The molecule has 0 aliphatic carbocycles. The maximum Gasteiger partial charge on any atom is 0.278 e. The van der Waals surface area contributed by atoms with Gasteiger partial charge in [0.1, 0.15) is 5.75 Å². The van der Waals surface area contributed by atoms with Crippen molar-refractivity contribution in [3.05, 3.63) is 71.5 Å². The van der Waals surface area contributed by atoms with Crippen molar-refractivity contribution in [3.63, 3.8) is 0 Å². The zero-order valence-electron chi connectivity index (χ0n) is 16.5. The Hall–Kier alpha value is -3.61. The van der Waals surface area contributed by atoms with Crippen LogP contribution in [0.2, 0.25) is 0 Å². The molecule has 7 heteroatoms. The number of nitrogens with one attached hydrogen (secondary N) is 2. The predicted octanol–water partition coefficient (Wildman–Crippen LogP) is 2.90. The van der Waals surface area contributed by atoms with Gasteiger partial charge >= 0.3 is 0 Å². The van der Waals surface area contributed by atoms with Crippen molar-refractivity contribution in [3.8, 4) is 11.4 Å². The molecule has 1 aromatic heterocycles. The second-order valence-corrected chi connectivity index (χ2v) is 7.16. The van der Waals surface area contributed by atoms with E-state index in [0.29, 0.717) is 11.4 Å². The first-order chi connectivity index (χ1) is 13.9. The Morgan fingerprint density at radius 2 is 1.83 bits per heavy atom. The number of rotatable bonds is 4. The molecule has 2 amide bonds. The maximum atomic E-state index is 12.9. The molecule has 0 saturated heterocycles. The van der Waals surface area contributed by atoms with Gasteiger partial charge in [-0.3, -0.25) is 9.59 Å². The zero-order valence-corrected chi connectivity index (χ0v) is 16.5.